The van der Waals surface area contributed by atoms with Gasteiger partial charge in [0.05, 0.1) is 12.1 Å². The summed E-state index contributed by atoms with van der Waals surface area (Å²) in [5, 5.41) is 3.20. The van der Waals surface area contributed by atoms with Gasteiger partial charge < -0.3 is 10.2 Å². The lowest BCUT2D eigenvalue weighted by atomic mass is 9.99. The Morgan fingerprint density at radius 3 is 2.35 bits per heavy atom. The second-order valence-electron chi connectivity index (χ2n) is 6.52. The number of rotatable bonds is 4. The molecule has 4 rings (SSSR count). The second-order valence-corrected chi connectivity index (χ2v) is 6.52. The molecule has 3 aromatic rings. The zero-order valence-electron chi connectivity index (χ0n) is 15.0. The number of anilines is 3. The van der Waals surface area contributed by atoms with Gasteiger partial charge in [-0.05, 0) is 26.8 Å². The van der Waals surface area contributed by atoms with Crippen LogP contribution in [0.4, 0.5) is 17.6 Å². The van der Waals surface area contributed by atoms with Crippen LogP contribution in [-0.4, -0.2) is 43.0 Å². The quantitative estimate of drug-likeness (QED) is 0.768. The van der Waals surface area contributed by atoms with Crippen molar-refractivity contribution in [3.63, 3.8) is 0 Å². The van der Waals surface area contributed by atoms with Crippen molar-refractivity contribution in [1.82, 2.24) is 29.9 Å². The summed E-state index contributed by atoms with van der Waals surface area (Å²) >= 11 is 0. The van der Waals surface area contributed by atoms with Crippen molar-refractivity contribution in [2.24, 2.45) is 0 Å². The van der Waals surface area contributed by atoms with Gasteiger partial charge in [0.15, 0.2) is 0 Å². The van der Waals surface area contributed by atoms with Gasteiger partial charge in [-0.25, -0.2) is 24.9 Å². The smallest absolute Gasteiger partial charge is 0.228 e. The van der Waals surface area contributed by atoms with E-state index >= 15 is 0 Å². The van der Waals surface area contributed by atoms with E-state index in [1.807, 2.05) is 32.9 Å². The number of nitrogens with one attached hydrogen (secondary N) is 1. The van der Waals surface area contributed by atoms with Gasteiger partial charge in [-0.2, -0.15) is 0 Å². The van der Waals surface area contributed by atoms with Gasteiger partial charge >= 0.3 is 0 Å². The average molecular weight is 348 g/mol. The fourth-order valence-corrected chi connectivity index (χ4v) is 3.02. The molecule has 1 N–H and O–H groups in total. The van der Waals surface area contributed by atoms with Crippen molar-refractivity contribution in [1.29, 1.82) is 0 Å². The molecule has 132 valence electrons. The summed E-state index contributed by atoms with van der Waals surface area (Å²) in [4.78, 5) is 28.7. The third-order valence-corrected chi connectivity index (χ3v) is 4.21. The summed E-state index contributed by atoms with van der Waals surface area (Å²) in [6, 6.07) is 3.85. The van der Waals surface area contributed by atoms with Crippen LogP contribution in [0.1, 0.15) is 28.8 Å². The van der Waals surface area contributed by atoms with Crippen molar-refractivity contribution in [3.8, 4) is 0 Å². The number of aryl methyl sites for hydroxylation is 3. The van der Waals surface area contributed by atoms with Crippen molar-refractivity contribution in [3.05, 3.63) is 53.6 Å². The summed E-state index contributed by atoms with van der Waals surface area (Å²) in [5.41, 5.74) is 2.76. The molecular weight excluding hydrogens is 328 g/mol. The number of hydrogen-bond donors (Lipinski definition) is 1. The van der Waals surface area contributed by atoms with Gasteiger partial charge in [0, 0.05) is 48.6 Å². The highest BCUT2D eigenvalue weighted by Gasteiger charge is 2.31. The fourth-order valence-electron chi connectivity index (χ4n) is 3.02. The fraction of sp³-hybridized carbons (Fsp3) is 0.333. The van der Waals surface area contributed by atoms with E-state index in [0.717, 1.165) is 47.6 Å². The first-order valence-corrected chi connectivity index (χ1v) is 8.53. The SMILES string of the molecule is Cc1cc(C)nc(Nc2cc(C)nc(C3CN(c4cnccn4)C3)n2)n1. The second kappa shape index (κ2) is 6.62. The standard InChI is InChI=1S/C18H20N8/c1-11-6-12(2)23-18(22-11)25-15-7-13(3)21-17(24-15)14-9-26(10-14)16-8-19-4-5-20-16/h4-8,14H,9-10H2,1-3H3,(H,21,22,23,24,25). The van der Waals surface area contributed by atoms with Crippen molar-refractivity contribution < 1.29 is 0 Å². The first-order valence-electron chi connectivity index (χ1n) is 8.53. The Labute approximate surface area is 151 Å². The van der Waals surface area contributed by atoms with Gasteiger partial charge in [0.2, 0.25) is 5.95 Å². The van der Waals surface area contributed by atoms with Gasteiger partial charge in [-0.1, -0.05) is 0 Å². The van der Waals surface area contributed by atoms with Crippen LogP contribution >= 0.6 is 0 Å². The van der Waals surface area contributed by atoms with Crippen LogP contribution in [0, 0.1) is 20.8 Å². The summed E-state index contributed by atoms with van der Waals surface area (Å²) in [7, 11) is 0. The molecule has 3 aromatic heterocycles. The van der Waals surface area contributed by atoms with Gasteiger partial charge in [-0.15, -0.1) is 0 Å². The third kappa shape index (κ3) is 3.44. The Kier molecular flexibility index (Phi) is 4.16. The Hall–Kier alpha value is -3.16. The van der Waals surface area contributed by atoms with Gasteiger partial charge in [0.25, 0.3) is 0 Å². The third-order valence-electron chi connectivity index (χ3n) is 4.21. The largest absolute Gasteiger partial charge is 0.354 e. The van der Waals surface area contributed by atoms with Crippen molar-refractivity contribution >= 4 is 17.6 Å². The molecular formula is C18H20N8. The minimum absolute atomic E-state index is 0.276. The maximum atomic E-state index is 4.67. The minimum Gasteiger partial charge on any atom is -0.354 e. The van der Waals surface area contributed by atoms with Crippen LogP contribution in [0.2, 0.25) is 0 Å². The predicted molar refractivity (Wildman–Crippen MR) is 98.5 cm³/mol. The first kappa shape index (κ1) is 16.3. The number of nitrogens with zero attached hydrogens (tertiary/aromatic N) is 7. The van der Waals surface area contributed by atoms with E-state index in [-0.39, 0.29) is 5.92 Å². The van der Waals surface area contributed by atoms with E-state index in [9.17, 15) is 0 Å². The topological polar surface area (TPSA) is 92.6 Å². The van der Waals surface area contributed by atoms with Gasteiger partial charge in [0.1, 0.15) is 17.5 Å². The number of aromatic nitrogens is 6. The molecule has 0 aromatic carbocycles. The maximum absolute atomic E-state index is 4.67. The predicted octanol–water partition coefficient (Wildman–Crippen LogP) is 2.33. The molecule has 0 aliphatic carbocycles. The minimum atomic E-state index is 0.276. The Morgan fingerprint density at radius 2 is 1.65 bits per heavy atom. The lowest BCUT2D eigenvalue weighted by molar-refractivity contribution is 0.495. The molecule has 0 atom stereocenters. The van der Waals surface area contributed by atoms with Crippen molar-refractivity contribution in [2.75, 3.05) is 23.3 Å². The highest BCUT2D eigenvalue weighted by Crippen LogP contribution is 2.29. The molecule has 1 aliphatic heterocycles. The van der Waals surface area contributed by atoms with E-state index in [4.69, 9.17) is 0 Å². The summed E-state index contributed by atoms with van der Waals surface area (Å²) in [6.45, 7) is 7.54. The van der Waals surface area contributed by atoms with Gasteiger partial charge in [-0.3, -0.25) is 4.98 Å². The summed E-state index contributed by atoms with van der Waals surface area (Å²) in [6.07, 6.45) is 5.16. The van der Waals surface area contributed by atoms with E-state index in [2.05, 4.69) is 40.1 Å². The summed E-state index contributed by atoms with van der Waals surface area (Å²) in [5.74, 6) is 3.27. The highest BCUT2D eigenvalue weighted by molar-refractivity contribution is 5.49. The van der Waals surface area contributed by atoms with E-state index in [1.165, 1.54) is 0 Å². The molecule has 1 saturated heterocycles. The van der Waals surface area contributed by atoms with Crippen LogP contribution in [0.3, 0.4) is 0 Å². The van der Waals surface area contributed by atoms with Crippen LogP contribution in [0.25, 0.3) is 0 Å². The molecule has 4 heterocycles. The molecule has 0 amide bonds. The molecule has 8 nitrogen and oxygen atoms in total. The van der Waals surface area contributed by atoms with Crippen LogP contribution in [0.5, 0.6) is 0 Å². The molecule has 0 bridgehead atoms. The summed E-state index contributed by atoms with van der Waals surface area (Å²) < 4.78 is 0. The van der Waals surface area contributed by atoms with Crippen molar-refractivity contribution in [2.45, 2.75) is 26.7 Å². The van der Waals surface area contributed by atoms with E-state index in [1.54, 1.807) is 18.6 Å². The van der Waals surface area contributed by atoms with Crippen LogP contribution < -0.4 is 10.2 Å². The van der Waals surface area contributed by atoms with Crippen LogP contribution in [0.15, 0.2) is 30.7 Å². The van der Waals surface area contributed by atoms with Crippen LogP contribution in [-0.2, 0) is 0 Å². The molecule has 0 unspecified atom stereocenters. The Bertz CT molecular complexity index is 901. The monoisotopic (exact) mass is 348 g/mol. The van der Waals surface area contributed by atoms with E-state index in [0.29, 0.717) is 5.95 Å². The first-order chi connectivity index (χ1) is 12.6. The Morgan fingerprint density at radius 1 is 0.923 bits per heavy atom. The highest BCUT2D eigenvalue weighted by atomic mass is 15.3. The molecule has 8 heteroatoms. The average Bonchev–Trinajstić information content (AvgIpc) is 2.53. The Balaban J connectivity index is 1.50. The molecule has 1 fully saturated rings. The molecule has 0 spiro atoms. The molecule has 26 heavy (non-hydrogen) atoms. The lowest BCUT2D eigenvalue weighted by Gasteiger charge is -2.39. The zero-order chi connectivity index (χ0) is 18.1. The normalized spacial score (nSPS) is 14.2. The number of hydrogen-bond acceptors (Lipinski definition) is 8. The molecule has 0 saturated carbocycles. The lowest BCUT2D eigenvalue weighted by Crippen LogP contribution is -2.46. The molecule has 0 radical (unpaired) electrons. The maximum Gasteiger partial charge on any atom is 0.228 e. The molecule has 1 aliphatic rings. The van der Waals surface area contributed by atoms with E-state index < -0.39 is 0 Å². The zero-order valence-corrected chi connectivity index (χ0v) is 15.0.